The second-order valence-electron chi connectivity index (χ2n) is 6.08. The molecule has 1 rings (SSSR count). The molecule has 1 aromatic rings. The van der Waals surface area contributed by atoms with Gasteiger partial charge in [-0.2, -0.15) is 0 Å². The summed E-state index contributed by atoms with van der Waals surface area (Å²) in [6.07, 6.45) is -0.0990. The lowest BCUT2D eigenvalue weighted by Gasteiger charge is -2.24. The Morgan fingerprint density at radius 2 is 1.91 bits per heavy atom. The summed E-state index contributed by atoms with van der Waals surface area (Å²) in [6, 6.07) is 5.16. The molecule has 1 amide bonds. The fourth-order valence-electron chi connectivity index (χ4n) is 1.69. The van der Waals surface area contributed by atoms with Crippen LogP contribution in [0.2, 0.25) is 0 Å². The molecule has 0 aliphatic rings. The minimum atomic E-state index is -3.90. The van der Waals surface area contributed by atoms with Crippen LogP contribution in [0.5, 0.6) is 0 Å². The van der Waals surface area contributed by atoms with Gasteiger partial charge in [0.15, 0.2) is 0 Å². The van der Waals surface area contributed by atoms with Crippen molar-refractivity contribution >= 4 is 16.1 Å². The maximum Gasteiger partial charge on any atom is 0.410 e. The molecule has 0 saturated carbocycles. The van der Waals surface area contributed by atoms with Gasteiger partial charge in [-0.3, -0.25) is 0 Å². The second-order valence-corrected chi connectivity index (χ2v) is 7.82. The van der Waals surface area contributed by atoms with E-state index in [4.69, 9.17) is 4.74 Å². The maximum atomic E-state index is 13.5. The molecule has 0 spiro atoms. The summed E-state index contributed by atoms with van der Waals surface area (Å²) in [6.45, 7) is 5.70. The largest absolute Gasteiger partial charge is 0.444 e. The molecule has 1 N–H and O–H groups in total. The van der Waals surface area contributed by atoms with Crippen LogP contribution in [-0.2, 0) is 14.8 Å². The van der Waals surface area contributed by atoms with E-state index in [1.165, 1.54) is 23.1 Å². The third kappa shape index (κ3) is 6.54. The zero-order valence-electron chi connectivity index (χ0n) is 13.8. The first-order chi connectivity index (χ1) is 10.5. The third-order valence-corrected chi connectivity index (χ3v) is 4.29. The van der Waals surface area contributed by atoms with Crippen molar-refractivity contribution in [2.45, 2.75) is 37.7 Å². The van der Waals surface area contributed by atoms with Gasteiger partial charge in [0.2, 0.25) is 10.0 Å². The smallest absolute Gasteiger partial charge is 0.410 e. The number of nitrogens with zero attached hydrogens (tertiary/aromatic N) is 1. The number of hydrogen-bond donors (Lipinski definition) is 1. The van der Waals surface area contributed by atoms with E-state index in [2.05, 4.69) is 4.72 Å². The molecule has 0 saturated heterocycles. The summed E-state index contributed by atoms with van der Waals surface area (Å²) < 4.78 is 44.9. The molecule has 0 bridgehead atoms. The van der Waals surface area contributed by atoms with Gasteiger partial charge in [0.25, 0.3) is 0 Å². The third-order valence-electron chi connectivity index (χ3n) is 2.79. The van der Waals surface area contributed by atoms with E-state index in [0.29, 0.717) is 13.0 Å². The number of benzene rings is 1. The SMILES string of the molecule is CN(CCCNS(=O)(=O)c1ccccc1F)C(=O)OC(C)(C)C. The summed E-state index contributed by atoms with van der Waals surface area (Å²) in [7, 11) is -2.33. The quantitative estimate of drug-likeness (QED) is 0.802. The predicted octanol–water partition coefficient (Wildman–Crippen LogP) is 2.36. The number of hydrogen-bond acceptors (Lipinski definition) is 4. The molecule has 0 heterocycles. The van der Waals surface area contributed by atoms with Crippen LogP contribution in [0.15, 0.2) is 29.2 Å². The van der Waals surface area contributed by atoms with Crippen LogP contribution >= 0.6 is 0 Å². The Morgan fingerprint density at radius 3 is 2.48 bits per heavy atom. The molecule has 0 aliphatic heterocycles. The number of carbonyl (C=O) groups is 1. The minimum Gasteiger partial charge on any atom is -0.444 e. The zero-order valence-corrected chi connectivity index (χ0v) is 14.6. The van der Waals surface area contributed by atoms with E-state index in [-0.39, 0.29) is 11.4 Å². The number of sulfonamides is 1. The Bertz CT molecular complexity index is 641. The number of amides is 1. The number of nitrogens with one attached hydrogen (secondary N) is 1. The van der Waals surface area contributed by atoms with Crippen molar-refractivity contribution in [3.05, 3.63) is 30.1 Å². The van der Waals surface area contributed by atoms with Crippen molar-refractivity contribution in [1.29, 1.82) is 0 Å². The van der Waals surface area contributed by atoms with Crippen molar-refractivity contribution < 1.29 is 22.3 Å². The first kappa shape index (κ1) is 19.4. The molecule has 0 unspecified atom stereocenters. The highest BCUT2D eigenvalue weighted by atomic mass is 32.2. The van der Waals surface area contributed by atoms with Crippen LogP contribution in [0, 0.1) is 5.82 Å². The highest BCUT2D eigenvalue weighted by molar-refractivity contribution is 7.89. The molecule has 0 aromatic heterocycles. The Kier molecular flexibility index (Phi) is 6.52. The average molecular weight is 346 g/mol. The van der Waals surface area contributed by atoms with Gasteiger partial charge in [-0.15, -0.1) is 0 Å². The Hall–Kier alpha value is -1.67. The van der Waals surface area contributed by atoms with Gasteiger partial charge in [0, 0.05) is 20.1 Å². The van der Waals surface area contributed by atoms with Gasteiger partial charge < -0.3 is 9.64 Å². The van der Waals surface area contributed by atoms with Crippen LogP contribution in [-0.4, -0.2) is 45.1 Å². The molecule has 1 aromatic carbocycles. The second kappa shape index (κ2) is 7.74. The monoisotopic (exact) mass is 346 g/mol. The van der Waals surface area contributed by atoms with Gasteiger partial charge in [-0.1, -0.05) is 12.1 Å². The van der Waals surface area contributed by atoms with Crippen molar-refractivity contribution in [3.8, 4) is 0 Å². The minimum absolute atomic E-state index is 0.0871. The Labute approximate surface area is 136 Å². The summed E-state index contributed by atoms with van der Waals surface area (Å²) >= 11 is 0. The number of halogens is 1. The van der Waals surface area contributed by atoms with Crippen molar-refractivity contribution in [3.63, 3.8) is 0 Å². The number of ether oxygens (including phenoxy) is 1. The number of carbonyl (C=O) groups excluding carboxylic acids is 1. The number of rotatable bonds is 6. The molecule has 6 nitrogen and oxygen atoms in total. The zero-order chi connectivity index (χ0) is 17.7. The van der Waals surface area contributed by atoms with E-state index >= 15 is 0 Å². The van der Waals surface area contributed by atoms with Gasteiger partial charge in [0.05, 0.1) is 0 Å². The topological polar surface area (TPSA) is 75.7 Å². The van der Waals surface area contributed by atoms with Crippen molar-refractivity contribution in [2.75, 3.05) is 20.1 Å². The van der Waals surface area contributed by atoms with Crippen LogP contribution < -0.4 is 4.72 Å². The Balaban J connectivity index is 2.46. The fourth-order valence-corrected chi connectivity index (χ4v) is 2.85. The lowest BCUT2D eigenvalue weighted by molar-refractivity contribution is 0.0298. The molecule has 23 heavy (non-hydrogen) atoms. The molecular weight excluding hydrogens is 323 g/mol. The molecule has 0 fully saturated rings. The summed E-state index contributed by atoms with van der Waals surface area (Å²) in [5, 5.41) is 0. The fraction of sp³-hybridized carbons (Fsp3) is 0.533. The lowest BCUT2D eigenvalue weighted by atomic mass is 10.2. The highest BCUT2D eigenvalue weighted by Crippen LogP contribution is 2.13. The first-order valence-corrected chi connectivity index (χ1v) is 8.69. The van der Waals surface area contributed by atoms with Crippen LogP contribution in [0.25, 0.3) is 0 Å². The van der Waals surface area contributed by atoms with Crippen LogP contribution in [0.3, 0.4) is 0 Å². The molecule has 8 heteroatoms. The maximum absolute atomic E-state index is 13.5. The van der Waals surface area contributed by atoms with Gasteiger partial charge in [-0.25, -0.2) is 22.3 Å². The molecular formula is C15H23FN2O4S. The summed E-state index contributed by atoms with van der Waals surface area (Å²) in [5.41, 5.74) is -0.586. The Morgan fingerprint density at radius 1 is 1.30 bits per heavy atom. The molecule has 0 radical (unpaired) electrons. The van der Waals surface area contributed by atoms with Crippen molar-refractivity contribution in [1.82, 2.24) is 9.62 Å². The van der Waals surface area contributed by atoms with Crippen LogP contribution in [0.4, 0.5) is 9.18 Å². The van der Waals surface area contributed by atoms with E-state index in [9.17, 15) is 17.6 Å². The summed E-state index contributed by atoms with van der Waals surface area (Å²) in [4.78, 5) is 12.7. The van der Waals surface area contributed by atoms with E-state index in [1.54, 1.807) is 27.8 Å². The average Bonchev–Trinajstić information content (AvgIpc) is 2.41. The van der Waals surface area contributed by atoms with Gasteiger partial charge in [0.1, 0.15) is 16.3 Å². The van der Waals surface area contributed by atoms with E-state index in [0.717, 1.165) is 6.07 Å². The normalized spacial score (nSPS) is 12.0. The molecule has 0 aliphatic carbocycles. The lowest BCUT2D eigenvalue weighted by Crippen LogP contribution is -2.36. The predicted molar refractivity (Wildman–Crippen MR) is 85.1 cm³/mol. The first-order valence-electron chi connectivity index (χ1n) is 7.21. The van der Waals surface area contributed by atoms with Crippen LogP contribution in [0.1, 0.15) is 27.2 Å². The van der Waals surface area contributed by atoms with Crippen molar-refractivity contribution in [2.24, 2.45) is 0 Å². The highest BCUT2D eigenvalue weighted by Gasteiger charge is 2.20. The molecule has 130 valence electrons. The van der Waals surface area contributed by atoms with E-state index in [1.807, 2.05) is 0 Å². The van der Waals surface area contributed by atoms with Gasteiger partial charge in [-0.05, 0) is 39.3 Å². The summed E-state index contributed by atoms with van der Waals surface area (Å²) in [5.74, 6) is -0.800. The van der Waals surface area contributed by atoms with E-state index < -0.39 is 27.5 Å². The standard InChI is InChI=1S/C15H23FN2O4S/c1-15(2,3)22-14(19)18(4)11-7-10-17-23(20,21)13-9-6-5-8-12(13)16/h5-6,8-9,17H,7,10-11H2,1-4H3. The molecule has 0 atom stereocenters. The van der Waals surface area contributed by atoms with Gasteiger partial charge >= 0.3 is 6.09 Å².